The van der Waals surface area contributed by atoms with Crippen molar-refractivity contribution in [2.45, 2.75) is 17.9 Å². The molecule has 1 amide bonds. The topological polar surface area (TPSA) is 75.3 Å². The number of sulfonamides is 1. The van der Waals surface area contributed by atoms with Crippen molar-refractivity contribution in [2.24, 2.45) is 0 Å². The van der Waals surface area contributed by atoms with Crippen LogP contribution >= 0.6 is 23.2 Å². The zero-order chi connectivity index (χ0) is 17.7. The maximum absolute atomic E-state index is 12.2. The second-order valence-electron chi connectivity index (χ2n) is 5.10. The van der Waals surface area contributed by atoms with Gasteiger partial charge in [0.25, 0.3) is 0 Å². The lowest BCUT2D eigenvalue weighted by Gasteiger charge is -2.15. The quantitative estimate of drug-likeness (QED) is 0.800. The van der Waals surface area contributed by atoms with Gasteiger partial charge in [0.1, 0.15) is 4.90 Å². The summed E-state index contributed by atoms with van der Waals surface area (Å²) >= 11 is 11.7. The van der Waals surface area contributed by atoms with Crippen LogP contribution in [0.25, 0.3) is 0 Å². The number of nitrogens with one attached hydrogen (secondary N) is 2. The number of benzene rings is 2. The highest BCUT2D eigenvalue weighted by Crippen LogP contribution is 2.24. The molecule has 0 saturated heterocycles. The first-order valence-electron chi connectivity index (χ1n) is 7.08. The summed E-state index contributed by atoms with van der Waals surface area (Å²) in [5.41, 5.74) is 0.923. The summed E-state index contributed by atoms with van der Waals surface area (Å²) in [5.74, 6) is -0.451. The van der Waals surface area contributed by atoms with Gasteiger partial charge in [-0.1, -0.05) is 53.5 Å². The first kappa shape index (κ1) is 18.7. The summed E-state index contributed by atoms with van der Waals surface area (Å²) < 4.78 is 26.7. The molecule has 0 aromatic heterocycles. The molecule has 0 aliphatic heterocycles. The van der Waals surface area contributed by atoms with Crippen LogP contribution in [-0.2, 0) is 14.8 Å². The zero-order valence-corrected chi connectivity index (χ0v) is 15.1. The van der Waals surface area contributed by atoms with Crippen LogP contribution < -0.4 is 10.0 Å². The van der Waals surface area contributed by atoms with Gasteiger partial charge in [-0.3, -0.25) is 4.79 Å². The van der Waals surface area contributed by atoms with Gasteiger partial charge in [-0.05, 0) is 30.7 Å². The van der Waals surface area contributed by atoms with E-state index in [1.54, 1.807) is 0 Å². The average molecular weight is 387 g/mol. The van der Waals surface area contributed by atoms with Gasteiger partial charge in [0.2, 0.25) is 15.9 Å². The van der Waals surface area contributed by atoms with Gasteiger partial charge in [0, 0.05) is 5.02 Å². The van der Waals surface area contributed by atoms with Crippen molar-refractivity contribution < 1.29 is 13.2 Å². The third kappa shape index (κ3) is 4.95. The molecular weight excluding hydrogens is 371 g/mol. The van der Waals surface area contributed by atoms with Gasteiger partial charge in [0.15, 0.2) is 0 Å². The lowest BCUT2D eigenvalue weighted by Crippen LogP contribution is -2.38. The normalized spacial score (nSPS) is 12.6. The van der Waals surface area contributed by atoms with Crippen molar-refractivity contribution in [3.63, 3.8) is 0 Å². The minimum Gasteiger partial charge on any atom is -0.348 e. The number of carbonyl (C=O) groups excluding carboxylic acids is 1. The molecule has 2 aromatic rings. The van der Waals surface area contributed by atoms with Gasteiger partial charge < -0.3 is 5.32 Å². The van der Waals surface area contributed by atoms with Crippen LogP contribution in [0.1, 0.15) is 18.5 Å². The minimum atomic E-state index is -3.94. The number of halogens is 2. The Morgan fingerprint density at radius 2 is 1.79 bits per heavy atom. The van der Waals surface area contributed by atoms with Crippen LogP contribution in [0.4, 0.5) is 0 Å². The summed E-state index contributed by atoms with van der Waals surface area (Å²) in [5, 5.41) is 2.99. The fourth-order valence-electron chi connectivity index (χ4n) is 2.04. The van der Waals surface area contributed by atoms with E-state index in [0.29, 0.717) is 0 Å². The summed E-state index contributed by atoms with van der Waals surface area (Å²) in [4.78, 5) is 11.8. The molecule has 1 atom stereocenters. The van der Waals surface area contributed by atoms with E-state index >= 15 is 0 Å². The van der Waals surface area contributed by atoms with Crippen molar-refractivity contribution in [1.29, 1.82) is 0 Å². The minimum absolute atomic E-state index is 0.0324. The van der Waals surface area contributed by atoms with Crippen molar-refractivity contribution in [2.75, 3.05) is 6.54 Å². The second-order valence-corrected chi connectivity index (χ2v) is 7.68. The molecule has 2 N–H and O–H groups in total. The van der Waals surface area contributed by atoms with Crippen LogP contribution in [0.15, 0.2) is 53.4 Å². The van der Waals surface area contributed by atoms with Crippen LogP contribution in [0.5, 0.6) is 0 Å². The van der Waals surface area contributed by atoms with Gasteiger partial charge >= 0.3 is 0 Å². The van der Waals surface area contributed by atoms with E-state index in [9.17, 15) is 13.2 Å². The Kier molecular flexibility index (Phi) is 6.23. The summed E-state index contributed by atoms with van der Waals surface area (Å²) in [6.07, 6.45) is 0. The zero-order valence-electron chi connectivity index (χ0n) is 12.8. The number of carbonyl (C=O) groups is 1. The summed E-state index contributed by atoms with van der Waals surface area (Å²) in [6, 6.07) is 13.2. The molecule has 0 unspecified atom stereocenters. The number of hydrogen-bond donors (Lipinski definition) is 2. The second kappa shape index (κ2) is 7.98. The van der Waals surface area contributed by atoms with Crippen LogP contribution in [0, 0.1) is 0 Å². The first-order valence-corrected chi connectivity index (χ1v) is 9.32. The molecule has 2 rings (SSSR count). The van der Waals surface area contributed by atoms with Crippen LogP contribution in [0.3, 0.4) is 0 Å². The molecule has 0 heterocycles. The number of rotatable bonds is 6. The van der Waals surface area contributed by atoms with E-state index in [1.807, 2.05) is 37.3 Å². The molecule has 8 heteroatoms. The Morgan fingerprint density at radius 3 is 2.46 bits per heavy atom. The molecule has 0 radical (unpaired) electrons. The maximum atomic E-state index is 12.2. The lowest BCUT2D eigenvalue weighted by molar-refractivity contribution is -0.120. The molecule has 0 spiro atoms. The van der Waals surface area contributed by atoms with Crippen molar-refractivity contribution in [1.82, 2.24) is 10.0 Å². The Bertz CT molecular complexity index is 826. The summed E-state index contributed by atoms with van der Waals surface area (Å²) in [6.45, 7) is 1.41. The largest absolute Gasteiger partial charge is 0.348 e. The van der Waals surface area contributed by atoms with Crippen molar-refractivity contribution >= 4 is 39.1 Å². The van der Waals surface area contributed by atoms with E-state index in [4.69, 9.17) is 23.2 Å². The maximum Gasteiger partial charge on any atom is 0.242 e. The van der Waals surface area contributed by atoms with Gasteiger partial charge in [0.05, 0.1) is 17.6 Å². The van der Waals surface area contributed by atoms with Crippen LogP contribution in [-0.4, -0.2) is 20.9 Å². The Balaban J connectivity index is 1.99. The van der Waals surface area contributed by atoms with Crippen molar-refractivity contribution in [3.8, 4) is 0 Å². The fourth-order valence-corrected chi connectivity index (χ4v) is 3.78. The average Bonchev–Trinajstić information content (AvgIpc) is 2.56. The smallest absolute Gasteiger partial charge is 0.242 e. The van der Waals surface area contributed by atoms with E-state index in [0.717, 1.165) is 5.56 Å². The molecule has 0 bridgehead atoms. The highest BCUT2D eigenvalue weighted by atomic mass is 35.5. The predicted octanol–water partition coefficient (Wildman–Crippen LogP) is 3.15. The molecular formula is C16H16Cl2N2O3S. The Hall–Kier alpha value is -1.60. The SMILES string of the molecule is C[C@@H](NC(=O)CNS(=O)(=O)c1cc(Cl)ccc1Cl)c1ccccc1. The fraction of sp³-hybridized carbons (Fsp3) is 0.188. The van der Waals surface area contributed by atoms with Gasteiger partial charge in [-0.2, -0.15) is 0 Å². The molecule has 128 valence electrons. The molecule has 0 saturated carbocycles. The van der Waals surface area contributed by atoms with Crippen LogP contribution in [0.2, 0.25) is 10.0 Å². The molecule has 2 aromatic carbocycles. The van der Waals surface area contributed by atoms with Gasteiger partial charge in [-0.25, -0.2) is 13.1 Å². The standard InChI is InChI=1S/C16H16Cl2N2O3S/c1-11(12-5-3-2-4-6-12)20-16(21)10-19-24(22,23)15-9-13(17)7-8-14(15)18/h2-9,11,19H,10H2,1H3,(H,20,21)/t11-/m1/s1. The molecule has 24 heavy (non-hydrogen) atoms. The highest BCUT2D eigenvalue weighted by molar-refractivity contribution is 7.89. The molecule has 0 aliphatic carbocycles. The van der Waals surface area contributed by atoms with Gasteiger partial charge in [-0.15, -0.1) is 0 Å². The van der Waals surface area contributed by atoms with E-state index < -0.39 is 22.5 Å². The van der Waals surface area contributed by atoms with Crippen molar-refractivity contribution in [3.05, 3.63) is 64.1 Å². The third-order valence-corrected chi connectivity index (χ3v) is 5.40. The van der Waals surface area contributed by atoms with E-state index in [2.05, 4.69) is 10.0 Å². The Labute approximate surface area is 151 Å². The number of amides is 1. The predicted molar refractivity (Wildman–Crippen MR) is 94.7 cm³/mol. The summed E-state index contributed by atoms with van der Waals surface area (Å²) in [7, 11) is -3.94. The highest BCUT2D eigenvalue weighted by Gasteiger charge is 2.20. The monoisotopic (exact) mass is 386 g/mol. The Morgan fingerprint density at radius 1 is 1.12 bits per heavy atom. The number of hydrogen-bond acceptors (Lipinski definition) is 3. The third-order valence-electron chi connectivity index (χ3n) is 3.28. The lowest BCUT2D eigenvalue weighted by atomic mass is 10.1. The van der Waals surface area contributed by atoms with E-state index in [-0.39, 0.29) is 21.0 Å². The molecule has 0 fully saturated rings. The molecule has 0 aliphatic rings. The first-order chi connectivity index (χ1) is 11.3. The van der Waals surface area contributed by atoms with E-state index in [1.165, 1.54) is 18.2 Å². The molecule has 5 nitrogen and oxygen atoms in total.